The standard InChI is InChI=1S/C11H13BrN4O/c1-7(11-9(17)6-16(2)15-11)14-10-5-8(12)3-4-13-10/h3-7,17H,1-2H3,(H,13,14). The summed E-state index contributed by atoms with van der Waals surface area (Å²) in [7, 11) is 1.77. The number of pyridine rings is 1. The first-order valence-corrected chi connectivity index (χ1v) is 5.96. The van der Waals surface area contributed by atoms with Crippen molar-refractivity contribution in [2.24, 2.45) is 7.05 Å². The van der Waals surface area contributed by atoms with Gasteiger partial charge in [-0.25, -0.2) is 4.98 Å². The molecule has 5 nitrogen and oxygen atoms in total. The molecule has 0 saturated heterocycles. The lowest BCUT2D eigenvalue weighted by Crippen LogP contribution is -2.09. The summed E-state index contributed by atoms with van der Waals surface area (Å²) in [5.74, 6) is 0.916. The predicted octanol–water partition coefficient (Wildman–Crippen LogP) is 2.46. The summed E-state index contributed by atoms with van der Waals surface area (Å²) in [6.45, 7) is 1.92. The third kappa shape index (κ3) is 2.76. The van der Waals surface area contributed by atoms with E-state index in [0.29, 0.717) is 5.69 Å². The van der Waals surface area contributed by atoms with E-state index in [1.807, 2.05) is 19.1 Å². The van der Waals surface area contributed by atoms with Gasteiger partial charge >= 0.3 is 0 Å². The molecule has 2 rings (SSSR count). The molecule has 17 heavy (non-hydrogen) atoms. The Morgan fingerprint density at radius 1 is 1.53 bits per heavy atom. The van der Waals surface area contributed by atoms with E-state index in [1.165, 1.54) is 0 Å². The molecule has 90 valence electrons. The summed E-state index contributed by atoms with van der Waals surface area (Å²) >= 11 is 3.38. The molecule has 0 aliphatic rings. The third-order valence-electron chi connectivity index (χ3n) is 2.33. The predicted molar refractivity (Wildman–Crippen MR) is 68.8 cm³/mol. The molecule has 0 saturated carbocycles. The van der Waals surface area contributed by atoms with E-state index in [0.717, 1.165) is 10.3 Å². The minimum Gasteiger partial charge on any atom is -0.504 e. The van der Waals surface area contributed by atoms with Gasteiger partial charge in [-0.05, 0) is 19.1 Å². The fourth-order valence-corrected chi connectivity index (χ4v) is 1.91. The van der Waals surface area contributed by atoms with E-state index in [-0.39, 0.29) is 11.8 Å². The molecule has 0 fully saturated rings. The zero-order chi connectivity index (χ0) is 12.4. The Morgan fingerprint density at radius 3 is 2.88 bits per heavy atom. The maximum Gasteiger partial charge on any atom is 0.158 e. The largest absolute Gasteiger partial charge is 0.504 e. The van der Waals surface area contributed by atoms with Crippen LogP contribution in [0.2, 0.25) is 0 Å². The van der Waals surface area contributed by atoms with E-state index in [1.54, 1.807) is 24.1 Å². The van der Waals surface area contributed by atoms with Gasteiger partial charge in [-0.1, -0.05) is 15.9 Å². The second-order valence-electron chi connectivity index (χ2n) is 3.80. The monoisotopic (exact) mass is 296 g/mol. The fraction of sp³-hybridized carbons (Fsp3) is 0.273. The molecule has 2 aromatic rings. The van der Waals surface area contributed by atoms with Gasteiger partial charge in [0.2, 0.25) is 0 Å². The summed E-state index contributed by atoms with van der Waals surface area (Å²) in [4.78, 5) is 4.18. The number of aromatic nitrogens is 3. The number of nitrogens with zero attached hydrogens (tertiary/aromatic N) is 3. The second kappa shape index (κ2) is 4.75. The number of hydrogen-bond acceptors (Lipinski definition) is 4. The maximum absolute atomic E-state index is 9.68. The Hall–Kier alpha value is -1.56. The quantitative estimate of drug-likeness (QED) is 0.913. The first-order valence-electron chi connectivity index (χ1n) is 5.17. The molecule has 0 aliphatic carbocycles. The number of aromatic hydroxyl groups is 1. The molecule has 0 spiro atoms. The van der Waals surface area contributed by atoms with E-state index in [2.05, 4.69) is 31.3 Å². The van der Waals surface area contributed by atoms with E-state index >= 15 is 0 Å². The topological polar surface area (TPSA) is 63.0 Å². The smallest absolute Gasteiger partial charge is 0.158 e. The van der Waals surface area contributed by atoms with Crippen LogP contribution in [0.25, 0.3) is 0 Å². The molecule has 2 aromatic heterocycles. The van der Waals surface area contributed by atoms with Crippen LogP contribution >= 0.6 is 15.9 Å². The molecule has 0 amide bonds. The molecule has 1 atom stereocenters. The highest BCUT2D eigenvalue weighted by atomic mass is 79.9. The molecule has 2 heterocycles. The number of nitrogens with one attached hydrogen (secondary N) is 1. The van der Waals surface area contributed by atoms with E-state index in [4.69, 9.17) is 0 Å². The van der Waals surface area contributed by atoms with Crippen molar-refractivity contribution in [2.45, 2.75) is 13.0 Å². The normalized spacial score (nSPS) is 12.4. The molecule has 0 aromatic carbocycles. The number of aryl methyl sites for hydroxylation is 1. The zero-order valence-corrected chi connectivity index (χ0v) is 11.1. The van der Waals surface area contributed by atoms with Crippen LogP contribution in [-0.4, -0.2) is 19.9 Å². The summed E-state index contributed by atoms with van der Waals surface area (Å²) in [6.07, 6.45) is 3.28. The van der Waals surface area contributed by atoms with Crippen LogP contribution in [-0.2, 0) is 7.05 Å². The average molecular weight is 297 g/mol. The number of halogens is 1. The minimum absolute atomic E-state index is 0.113. The average Bonchev–Trinajstić information content (AvgIpc) is 2.58. The van der Waals surface area contributed by atoms with Gasteiger partial charge in [-0.15, -0.1) is 0 Å². The zero-order valence-electron chi connectivity index (χ0n) is 9.55. The molecular formula is C11H13BrN4O. The van der Waals surface area contributed by atoms with E-state index < -0.39 is 0 Å². The van der Waals surface area contributed by atoms with E-state index in [9.17, 15) is 5.11 Å². The molecule has 0 bridgehead atoms. The highest BCUT2D eigenvalue weighted by Crippen LogP contribution is 2.25. The van der Waals surface area contributed by atoms with Crippen molar-refractivity contribution >= 4 is 21.7 Å². The Bertz CT molecular complexity index is 526. The highest BCUT2D eigenvalue weighted by molar-refractivity contribution is 9.10. The van der Waals surface area contributed by atoms with Crippen LogP contribution in [0, 0.1) is 0 Å². The Kier molecular flexibility index (Phi) is 3.33. The van der Waals surface area contributed by atoms with Crippen molar-refractivity contribution in [3.8, 4) is 5.75 Å². The van der Waals surface area contributed by atoms with Crippen molar-refractivity contribution in [3.05, 3.63) is 34.7 Å². The van der Waals surface area contributed by atoms with Crippen molar-refractivity contribution in [1.82, 2.24) is 14.8 Å². The van der Waals surface area contributed by atoms with Crippen molar-refractivity contribution in [1.29, 1.82) is 0 Å². The van der Waals surface area contributed by atoms with Crippen LogP contribution in [0.3, 0.4) is 0 Å². The van der Waals surface area contributed by atoms with Gasteiger partial charge < -0.3 is 10.4 Å². The van der Waals surface area contributed by atoms with Crippen LogP contribution < -0.4 is 5.32 Å². The van der Waals surface area contributed by atoms with Gasteiger partial charge in [-0.3, -0.25) is 4.68 Å². The molecule has 2 N–H and O–H groups in total. The Morgan fingerprint density at radius 2 is 2.29 bits per heavy atom. The Labute approximate surface area is 108 Å². The summed E-state index contributed by atoms with van der Waals surface area (Å²) in [6, 6.07) is 3.61. The van der Waals surface area contributed by atoms with Gasteiger partial charge in [0.25, 0.3) is 0 Å². The van der Waals surface area contributed by atoms with Gasteiger partial charge in [0, 0.05) is 17.7 Å². The lowest BCUT2D eigenvalue weighted by Gasteiger charge is -2.12. The molecule has 6 heteroatoms. The summed E-state index contributed by atoms with van der Waals surface area (Å²) < 4.78 is 2.53. The van der Waals surface area contributed by atoms with Crippen LogP contribution in [0.15, 0.2) is 29.0 Å². The third-order valence-corrected chi connectivity index (χ3v) is 2.83. The minimum atomic E-state index is -0.113. The van der Waals surface area contributed by atoms with Gasteiger partial charge in [0.05, 0.1) is 12.2 Å². The van der Waals surface area contributed by atoms with Gasteiger partial charge in [-0.2, -0.15) is 5.10 Å². The molecule has 0 aliphatic heterocycles. The summed E-state index contributed by atoms with van der Waals surface area (Å²) in [5, 5.41) is 17.1. The van der Waals surface area contributed by atoms with Crippen LogP contribution in [0.5, 0.6) is 5.75 Å². The number of hydrogen-bond donors (Lipinski definition) is 2. The number of rotatable bonds is 3. The SMILES string of the molecule is CC(Nc1cc(Br)ccn1)c1nn(C)cc1O. The molecule has 0 radical (unpaired) electrons. The lowest BCUT2D eigenvalue weighted by atomic mass is 10.2. The first kappa shape index (κ1) is 11.9. The van der Waals surface area contributed by atoms with Crippen molar-refractivity contribution in [2.75, 3.05) is 5.32 Å². The maximum atomic E-state index is 9.68. The van der Waals surface area contributed by atoms with Crippen molar-refractivity contribution in [3.63, 3.8) is 0 Å². The van der Waals surface area contributed by atoms with Gasteiger partial charge in [0.1, 0.15) is 11.5 Å². The molecule has 1 unspecified atom stereocenters. The van der Waals surface area contributed by atoms with Crippen molar-refractivity contribution < 1.29 is 5.11 Å². The summed E-state index contributed by atoms with van der Waals surface area (Å²) in [5.41, 5.74) is 0.606. The lowest BCUT2D eigenvalue weighted by molar-refractivity contribution is 0.465. The second-order valence-corrected chi connectivity index (χ2v) is 4.71. The Balaban J connectivity index is 2.16. The van der Waals surface area contributed by atoms with Gasteiger partial charge in [0.15, 0.2) is 5.75 Å². The molecular weight excluding hydrogens is 284 g/mol. The van der Waals surface area contributed by atoms with Crippen LogP contribution in [0.1, 0.15) is 18.7 Å². The fourth-order valence-electron chi connectivity index (χ4n) is 1.58. The number of anilines is 1. The highest BCUT2D eigenvalue weighted by Gasteiger charge is 2.14. The first-order chi connectivity index (χ1) is 8.06. The van der Waals surface area contributed by atoms with Crippen LogP contribution in [0.4, 0.5) is 5.82 Å².